The number of rotatable bonds is 9. The summed E-state index contributed by atoms with van der Waals surface area (Å²) in [5.74, 6) is 4.71. The zero-order valence-corrected chi connectivity index (χ0v) is 30.4. The molecule has 0 fully saturated rings. The van der Waals surface area contributed by atoms with Crippen LogP contribution in [0.15, 0.2) is 188 Å². The lowest BCUT2D eigenvalue weighted by Gasteiger charge is -2.11. The minimum Gasteiger partial charge on any atom is -0.457 e. The van der Waals surface area contributed by atoms with Crippen molar-refractivity contribution in [3.05, 3.63) is 194 Å². The molecule has 268 valence electrons. The molecule has 8 heteroatoms. The van der Waals surface area contributed by atoms with Crippen LogP contribution in [0.2, 0.25) is 0 Å². The predicted molar refractivity (Wildman–Crippen MR) is 222 cm³/mol. The first kappa shape index (κ1) is 34.6. The molecule has 0 bridgehead atoms. The van der Waals surface area contributed by atoms with E-state index in [4.69, 9.17) is 34.6 Å². The normalized spacial score (nSPS) is 10.8. The summed E-state index contributed by atoms with van der Waals surface area (Å²) in [4.78, 5) is 29.2. The summed E-state index contributed by atoms with van der Waals surface area (Å²) < 4.78 is 6.37. The van der Waals surface area contributed by atoms with Gasteiger partial charge in [0.15, 0.2) is 34.9 Å². The summed E-state index contributed by atoms with van der Waals surface area (Å²) in [5, 5.41) is 9.19. The zero-order chi connectivity index (χ0) is 38.4. The molecule has 0 unspecified atom stereocenters. The number of nitriles is 1. The highest BCUT2D eigenvalue weighted by atomic mass is 16.5. The number of hydrogen-bond acceptors (Lipinski definition) is 8. The van der Waals surface area contributed by atoms with E-state index < -0.39 is 0 Å². The first-order valence-electron chi connectivity index (χ1n) is 18.3. The van der Waals surface area contributed by atoms with Gasteiger partial charge in [-0.2, -0.15) is 5.26 Å². The molecule has 2 aromatic heterocycles. The quantitative estimate of drug-likeness (QED) is 0.144. The van der Waals surface area contributed by atoms with Crippen LogP contribution < -0.4 is 4.74 Å². The van der Waals surface area contributed by atoms with Gasteiger partial charge in [-0.3, -0.25) is 0 Å². The molecule has 0 amide bonds. The van der Waals surface area contributed by atoms with E-state index in [0.29, 0.717) is 52.0 Å². The van der Waals surface area contributed by atoms with Crippen LogP contribution in [-0.4, -0.2) is 29.9 Å². The molecular formula is C49H31N7O. The standard InChI is InChI=1S/C49H31N7O/c50-32-33-19-21-34(22-20-33)35-23-25-39(26-24-35)47-54-46(38-15-8-3-9-16-38)55-49(56-47)41-17-10-18-43(31-41)57-42-29-27-40(28-30-42)48-52-44(36-11-4-1-5-12-36)51-45(53-48)37-13-6-2-7-14-37/h1-31H. The third-order valence-electron chi connectivity index (χ3n) is 9.30. The van der Waals surface area contributed by atoms with Gasteiger partial charge in [0.1, 0.15) is 11.5 Å². The molecule has 0 radical (unpaired) electrons. The van der Waals surface area contributed by atoms with E-state index in [2.05, 4.69) is 6.07 Å². The Morgan fingerprint density at radius 1 is 0.298 bits per heavy atom. The Morgan fingerprint density at radius 3 is 1.05 bits per heavy atom. The Labute approximate surface area is 329 Å². The molecular weight excluding hydrogens is 703 g/mol. The van der Waals surface area contributed by atoms with Crippen molar-refractivity contribution >= 4 is 0 Å². The number of ether oxygens (including phenoxy) is 1. The molecule has 7 aromatic carbocycles. The summed E-state index contributed by atoms with van der Waals surface area (Å²) >= 11 is 0. The summed E-state index contributed by atoms with van der Waals surface area (Å²) in [6.45, 7) is 0. The minimum atomic E-state index is 0.522. The number of hydrogen-bond donors (Lipinski definition) is 0. The summed E-state index contributed by atoms with van der Waals surface area (Å²) in [6, 6.07) is 63.0. The van der Waals surface area contributed by atoms with Crippen molar-refractivity contribution in [3.63, 3.8) is 0 Å². The van der Waals surface area contributed by atoms with E-state index >= 15 is 0 Å². The van der Waals surface area contributed by atoms with Gasteiger partial charge in [0.2, 0.25) is 0 Å². The van der Waals surface area contributed by atoms with Crippen LogP contribution >= 0.6 is 0 Å². The molecule has 0 spiro atoms. The van der Waals surface area contributed by atoms with Gasteiger partial charge < -0.3 is 4.74 Å². The van der Waals surface area contributed by atoms with Gasteiger partial charge in [-0.25, -0.2) is 29.9 Å². The molecule has 9 aromatic rings. The Hall–Kier alpha value is -8.15. The van der Waals surface area contributed by atoms with Gasteiger partial charge in [0, 0.05) is 33.4 Å². The van der Waals surface area contributed by atoms with E-state index in [1.54, 1.807) is 0 Å². The van der Waals surface area contributed by atoms with Crippen LogP contribution in [0.5, 0.6) is 11.5 Å². The lowest BCUT2D eigenvalue weighted by atomic mass is 10.0. The SMILES string of the molecule is N#Cc1ccc(-c2ccc(-c3nc(-c4ccccc4)nc(-c4cccc(Oc5ccc(-c6nc(-c7ccccc7)nc(-c7ccccc7)n6)cc5)c4)n3)cc2)cc1. The number of nitrogens with zero attached hydrogens (tertiary/aromatic N) is 7. The first-order chi connectivity index (χ1) is 28.1. The van der Waals surface area contributed by atoms with Gasteiger partial charge in [-0.15, -0.1) is 0 Å². The Morgan fingerprint density at radius 2 is 0.632 bits per heavy atom. The second-order valence-electron chi connectivity index (χ2n) is 13.1. The minimum absolute atomic E-state index is 0.522. The largest absolute Gasteiger partial charge is 0.457 e. The molecule has 0 N–H and O–H groups in total. The average Bonchev–Trinajstić information content (AvgIpc) is 3.30. The van der Waals surface area contributed by atoms with E-state index in [0.717, 1.165) is 44.5 Å². The van der Waals surface area contributed by atoms with Gasteiger partial charge in [0.25, 0.3) is 0 Å². The monoisotopic (exact) mass is 733 g/mol. The fourth-order valence-electron chi connectivity index (χ4n) is 6.34. The third-order valence-corrected chi connectivity index (χ3v) is 9.30. The van der Waals surface area contributed by atoms with E-state index in [-0.39, 0.29) is 0 Å². The number of aromatic nitrogens is 6. The molecule has 2 heterocycles. The van der Waals surface area contributed by atoms with Crippen molar-refractivity contribution in [1.82, 2.24) is 29.9 Å². The summed E-state index contributed by atoms with van der Waals surface area (Å²) in [5.41, 5.74) is 7.86. The first-order valence-corrected chi connectivity index (χ1v) is 18.3. The molecule has 0 atom stereocenters. The average molecular weight is 734 g/mol. The zero-order valence-electron chi connectivity index (χ0n) is 30.4. The maximum atomic E-state index is 9.19. The third kappa shape index (κ3) is 7.76. The maximum absolute atomic E-state index is 9.19. The van der Waals surface area contributed by atoms with Crippen LogP contribution in [0.3, 0.4) is 0 Å². The van der Waals surface area contributed by atoms with Crippen molar-refractivity contribution in [3.8, 4) is 97.0 Å². The smallest absolute Gasteiger partial charge is 0.164 e. The van der Waals surface area contributed by atoms with Crippen molar-refractivity contribution in [2.24, 2.45) is 0 Å². The van der Waals surface area contributed by atoms with Crippen LogP contribution in [0.4, 0.5) is 0 Å². The lowest BCUT2D eigenvalue weighted by molar-refractivity contribution is 0.483. The van der Waals surface area contributed by atoms with Crippen LogP contribution in [0.1, 0.15) is 5.56 Å². The van der Waals surface area contributed by atoms with Crippen molar-refractivity contribution in [1.29, 1.82) is 5.26 Å². The van der Waals surface area contributed by atoms with Crippen LogP contribution in [-0.2, 0) is 0 Å². The van der Waals surface area contributed by atoms with Gasteiger partial charge in [-0.05, 0) is 59.7 Å². The maximum Gasteiger partial charge on any atom is 0.164 e. The number of benzene rings is 7. The van der Waals surface area contributed by atoms with Crippen LogP contribution in [0.25, 0.3) is 79.5 Å². The highest BCUT2D eigenvalue weighted by Gasteiger charge is 2.15. The molecule has 0 aliphatic heterocycles. The van der Waals surface area contributed by atoms with Crippen molar-refractivity contribution in [2.45, 2.75) is 0 Å². The second kappa shape index (κ2) is 15.7. The second-order valence-corrected chi connectivity index (χ2v) is 13.1. The topological polar surface area (TPSA) is 110 Å². The summed E-state index contributed by atoms with van der Waals surface area (Å²) in [7, 11) is 0. The molecule has 0 aliphatic rings. The fraction of sp³-hybridized carbons (Fsp3) is 0. The van der Waals surface area contributed by atoms with E-state index in [1.165, 1.54) is 0 Å². The molecule has 0 saturated heterocycles. The van der Waals surface area contributed by atoms with Crippen molar-refractivity contribution in [2.75, 3.05) is 0 Å². The van der Waals surface area contributed by atoms with Gasteiger partial charge in [0.05, 0.1) is 11.6 Å². The van der Waals surface area contributed by atoms with Crippen molar-refractivity contribution < 1.29 is 4.74 Å². The molecule has 8 nitrogen and oxygen atoms in total. The lowest BCUT2D eigenvalue weighted by Crippen LogP contribution is -2.00. The molecule has 0 saturated carbocycles. The Bertz CT molecular complexity index is 2790. The highest BCUT2D eigenvalue weighted by molar-refractivity contribution is 5.71. The fourth-order valence-corrected chi connectivity index (χ4v) is 6.34. The van der Waals surface area contributed by atoms with E-state index in [9.17, 15) is 5.26 Å². The molecule has 0 aliphatic carbocycles. The van der Waals surface area contributed by atoms with Gasteiger partial charge in [-0.1, -0.05) is 140 Å². The van der Waals surface area contributed by atoms with Gasteiger partial charge >= 0.3 is 0 Å². The highest BCUT2D eigenvalue weighted by Crippen LogP contribution is 2.31. The molecule has 57 heavy (non-hydrogen) atoms. The molecule has 9 rings (SSSR count). The van der Waals surface area contributed by atoms with Crippen LogP contribution in [0, 0.1) is 11.3 Å². The Balaban J connectivity index is 1.01. The Kier molecular flexibility index (Phi) is 9.52. The van der Waals surface area contributed by atoms with E-state index in [1.807, 2.05) is 188 Å². The summed E-state index contributed by atoms with van der Waals surface area (Å²) in [6.07, 6.45) is 0. The predicted octanol–water partition coefficient (Wildman–Crippen LogP) is 11.4.